The molecule has 0 radical (unpaired) electrons. The molecule has 0 aliphatic heterocycles. The molecule has 0 saturated carbocycles. The van der Waals surface area contributed by atoms with E-state index in [4.69, 9.17) is 0 Å². The van der Waals surface area contributed by atoms with Crippen molar-refractivity contribution in [2.24, 2.45) is 0 Å². The van der Waals surface area contributed by atoms with Crippen LogP contribution in [0.2, 0.25) is 0 Å². The predicted molar refractivity (Wildman–Crippen MR) is 38.3 cm³/mol. The monoisotopic (exact) mass is 133 g/mol. The molecule has 8 heavy (non-hydrogen) atoms. The minimum absolute atomic E-state index is 0. The van der Waals surface area contributed by atoms with E-state index in [1.54, 1.807) is 0 Å². The van der Waals surface area contributed by atoms with Gasteiger partial charge >= 0.3 is 23.1 Å². The average molecular weight is 133 g/mol. The van der Waals surface area contributed by atoms with Gasteiger partial charge in [0.1, 0.15) is 0 Å². The summed E-state index contributed by atoms with van der Waals surface area (Å²) in [5, 5.41) is 0. The number of benzene rings is 1. The van der Waals surface area contributed by atoms with Gasteiger partial charge in [0.25, 0.3) is 0 Å². The Bertz CT molecular complexity index is 138. The van der Waals surface area contributed by atoms with Gasteiger partial charge in [0.15, 0.2) is 0 Å². The van der Waals surface area contributed by atoms with E-state index in [2.05, 4.69) is 18.7 Å². The molecule has 0 N–H and O–H groups in total. The maximum Gasteiger partial charge on any atom is 2.00 e. The Kier molecular flexibility index (Phi) is 4.42. The standard InChI is InChI=1S/C6H5S.Mg/c7-6-4-2-1-3-5-6;/h1-4,7H;/q-1;+2. The summed E-state index contributed by atoms with van der Waals surface area (Å²) in [5.74, 6) is 0. The van der Waals surface area contributed by atoms with E-state index < -0.39 is 0 Å². The molecule has 1 aromatic carbocycles. The molecule has 0 saturated heterocycles. The van der Waals surface area contributed by atoms with Crippen molar-refractivity contribution in [1.82, 2.24) is 0 Å². The number of hydrogen-bond donors (Lipinski definition) is 1. The molecule has 0 fully saturated rings. The fourth-order valence-electron chi connectivity index (χ4n) is 0.384. The van der Waals surface area contributed by atoms with E-state index in [9.17, 15) is 0 Å². The molecule has 0 aromatic heterocycles. The minimum Gasteiger partial charge on any atom is -0.176 e. The van der Waals surface area contributed by atoms with E-state index in [1.807, 2.05) is 24.3 Å². The van der Waals surface area contributed by atoms with E-state index in [0.29, 0.717) is 0 Å². The van der Waals surface area contributed by atoms with Gasteiger partial charge in [0.05, 0.1) is 0 Å². The molecule has 1 rings (SSSR count). The minimum atomic E-state index is 0. The van der Waals surface area contributed by atoms with Crippen LogP contribution in [0.4, 0.5) is 0 Å². The van der Waals surface area contributed by atoms with Crippen molar-refractivity contribution in [3.8, 4) is 0 Å². The summed E-state index contributed by atoms with van der Waals surface area (Å²) in [6, 6.07) is 10.5. The number of rotatable bonds is 0. The Balaban J connectivity index is 0.000000490. The Morgan fingerprint density at radius 3 is 2.38 bits per heavy atom. The fraction of sp³-hybridized carbons (Fsp3) is 0. The third-order valence-corrected chi connectivity index (χ3v) is 0.971. The molecule has 0 spiro atoms. The number of thiol groups is 1. The molecule has 0 nitrogen and oxygen atoms in total. The first-order valence-electron chi connectivity index (χ1n) is 2.05. The van der Waals surface area contributed by atoms with E-state index in [-0.39, 0.29) is 23.1 Å². The van der Waals surface area contributed by atoms with Crippen LogP contribution in [0.15, 0.2) is 29.2 Å². The van der Waals surface area contributed by atoms with Gasteiger partial charge in [-0.3, -0.25) is 0 Å². The molecule has 2 heteroatoms. The van der Waals surface area contributed by atoms with Crippen LogP contribution in [-0.2, 0) is 0 Å². The molecule has 0 atom stereocenters. The van der Waals surface area contributed by atoms with Gasteiger partial charge in [0, 0.05) is 0 Å². The van der Waals surface area contributed by atoms with Gasteiger partial charge in [-0.2, -0.15) is 43.0 Å². The van der Waals surface area contributed by atoms with Crippen LogP contribution in [0.5, 0.6) is 0 Å². The van der Waals surface area contributed by atoms with Crippen molar-refractivity contribution >= 4 is 35.7 Å². The summed E-state index contributed by atoms with van der Waals surface area (Å²) >= 11 is 4.03. The molecule has 0 aliphatic rings. The van der Waals surface area contributed by atoms with Gasteiger partial charge in [-0.25, -0.2) is 0 Å². The van der Waals surface area contributed by atoms with Crippen LogP contribution in [0, 0.1) is 6.07 Å². The Morgan fingerprint density at radius 2 is 2.12 bits per heavy atom. The summed E-state index contributed by atoms with van der Waals surface area (Å²) in [6.07, 6.45) is 0. The second kappa shape index (κ2) is 4.24. The Hall–Kier alpha value is 0.336. The SMILES string of the molecule is Sc1[c-]cccc1.[Mg+2]. The van der Waals surface area contributed by atoms with Crippen molar-refractivity contribution in [2.75, 3.05) is 0 Å². The van der Waals surface area contributed by atoms with Crippen LogP contribution < -0.4 is 0 Å². The largest absolute Gasteiger partial charge is 2.00 e. The smallest absolute Gasteiger partial charge is 0.176 e. The van der Waals surface area contributed by atoms with Crippen molar-refractivity contribution in [2.45, 2.75) is 4.90 Å². The second-order valence-electron chi connectivity index (χ2n) is 1.25. The van der Waals surface area contributed by atoms with Gasteiger partial charge in [-0.1, -0.05) is 0 Å². The fourth-order valence-corrected chi connectivity index (χ4v) is 0.544. The van der Waals surface area contributed by atoms with Crippen LogP contribution in [0.25, 0.3) is 0 Å². The zero-order chi connectivity index (χ0) is 5.11. The maximum atomic E-state index is 4.03. The van der Waals surface area contributed by atoms with E-state index in [1.165, 1.54) is 0 Å². The molecule has 0 unspecified atom stereocenters. The van der Waals surface area contributed by atoms with Gasteiger partial charge in [-0.15, -0.1) is 4.90 Å². The zero-order valence-corrected chi connectivity index (χ0v) is 6.77. The summed E-state index contributed by atoms with van der Waals surface area (Å²) in [7, 11) is 0. The maximum absolute atomic E-state index is 4.03. The quantitative estimate of drug-likeness (QED) is 0.309. The summed E-state index contributed by atoms with van der Waals surface area (Å²) in [6.45, 7) is 0. The molecular weight excluding hydrogens is 128 g/mol. The molecule has 0 heterocycles. The molecule has 0 amide bonds. The molecule has 36 valence electrons. The second-order valence-corrected chi connectivity index (χ2v) is 1.73. The normalized spacial score (nSPS) is 7.62. The number of hydrogen-bond acceptors (Lipinski definition) is 1. The van der Waals surface area contributed by atoms with E-state index >= 15 is 0 Å². The van der Waals surface area contributed by atoms with Crippen molar-refractivity contribution in [3.63, 3.8) is 0 Å². The zero-order valence-electron chi connectivity index (χ0n) is 4.46. The first kappa shape index (κ1) is 8.34. The summed E-state index contributed by atoms with van der Waals surface area (Å²) < 4.78 is 0. The van der Waals surface area contributed by atoms with Crippen molar-refractivity contribution in [3.05, 3.63) is 30.3 Å². The predicted octanol–water partition coefficient (Wildman–Crippen LogP) is 1.39. The van der Waals surface area contributed by atoms with Crippen molar-refractivity contribution < 1.29 is 0 Å². The van der Waals surface area contributed by atoms with Crippen LogP contribution in [-0.4, -0.2) is 23.1 Å². The van der Waals surface area contributed by atoms with Gasteiger partial charge in [0.2, 0.25) is 0 Å². The first-order chi connectivity index (χ1) is 3.39. The van der Waals surface area contributed by atoms with Gasteiger partial charge < -0.3 is 0 Å². The Labute approximate surface area is 70.9 Å². The average Bonchev–Trinajstić information content (AvgIpc) is 1.69. The first-order valence-corrected chi connectivity index (χ1v) is 2.50. The van der Waals surface area contributed by atoms with Gasteiger partial charge in [-0.05, 0) is 0 Å². The van der Waals surface area contributed by atoms with E-state index in [0.717, 1.165) is 4.90 Å². The molecule has 0 aliphatic carbocycles. The van der Waals surface area contributed by atoms with Crippen LogP contribution in [0.1, 0.15) is 0 Å². The molecule has 1 aromatic rings. The molecular formula is C6H5MgS+. The van der Waals surface area contributed by atoms with Crippen LogP contribution in [0.3, 0.4) is 0 Å². The van der Waals surface area contributed by atoms with Crippen LogP contribution >= 0.6 is 12.6 Å². The third-order valence-electron chi connectivity index (χ3n) is 0.693. The molecule has 0 bridgehead atoms. The topological polar surface area (TPSA) is 0 Å². The Morgan fingerprint density at radius 1 is 1.38 bits per heavy atom. The summed E-state index contributed by atoms with van der Waals surface area (Å²) in [5.41, 5.74) is 0. The summed E-state index contributed by atoms with van der Waals surface area (Å²) in [4.78, 5) is 0.891. The third kappa shape index (κ3) is 2.60. The van der Waals surface area contributed by atoms with Crippen molar-refractivity contribution in [1.29, 1.82) is 0 Å².